The van der Waals surface area contributed by atoms with Gasteiger partial charge in [0, 0.05) is 25.7 Å². The molecule has 0 aromatic heterocycles. The summed E-state index contributed by atoms with van der Waals surface area (Å²) in [6.45, 7) is 6.28. The number of ether oxygens (including phenoxy) is 1. The summed E-state index contributed by atoms with van der Waals surface area (Å²) < 4.78 is 5.20. The number of nitrogens with zero attached hydrogens (tertiary/aromatic N) is 1. The van der Waals surface area contributed by atoms with E-state index >= 15 is 0 Å². The van der Waals surface area contributed by atoms with Crippen molar-refractivity contribution in [2.75, 3.05) is 25.1 Å². The van der Waals surface area contributed by atoms with Crippen LogP contribution >= 0.6 is 0 Å². The second kappa shape index (κ2) is 8.33. The number of nitrogens with one attached hydrogen (secondary N) is 1. The molecular weight excluding hydrogens is 316 g/mol. The fraction of sp³-hybridized carbons (Fsp3) is 0.300. The summed E-state index contributed by atoms with van der Waals surface area (Å²) in [5.74, 6) is 0.248. The summed E-state index contributed by atoms with van der Waals surface area (Å²) in [5.41, 5.74) is 3.52. The molecule has 5 heteroatoms. The third-order valence-corrected chi connectivity index (χ3v) is 4.00. The van der Waals surface area contributed by atoms with Gasteiger partial charge < -0.3 is 15.0 Å². The smallest absolute Gasteiger partial charge is 0.255 e. The zero-order chi connectivity index (χ0) is 18.4. The van der Waals surface area contributed by atoms with Gasteiger partial charge in [-0.1, -0.05) is 29.8 Å². The molecule has 0 atom stereocenters. The lowest BCUT2D eigenvalue weighted by atomic mass is 10.1. The molecule has 0 aliphatic heterocycles. The van der Waals surface area contributed by atoms with Crippen LogP contribution < -0.4 is 15.0 Å². The third kappa shape index (κ3) is 4.59. The van der Waals surface area contributed by atoms with Crippen molar-refractivity contribution in [1.82, 2.24) is 5.32 Å². The Balaban J connectivity index is 2.05. The lowest BCUT2D eigenvalue weighted by Gasteiger charge is -2.23. The highest BCUT2D eigenvalue weighted by atomic mass is 16.5. The van der Waals surface area contributed by atoms with Crippen LogP contribution in [0.5, 0.6) is 5.75 Å². The summed E-state index contributed by atoms with van der Waals surface area (Å²) in [4.78, 5) is 26.0. The molecule has 0 aliphatic rings. The molecule has 2 aromatic carbocycles. The van der Waals surface area contributed by atoms with Gasteiger partial charge in [0.1, 0.15) is 5.75 Å². The highest BCUT2D eigenvalue weighted by Crippen LogP contribution is 2.21. The summed E-state index contributed by atoms with van der Waals surface area (Å²) in [7, 11) is 1.53. The maximum absolute atomic E-state index is 12.3. The quantitative estimate of drug-likeness (QED) is 0.879. The first-order chi connectivity index (χ1) is 11.9. The molecule has 2 aromatic rings. The van der Waals surface area contributed by atoms with E-state index < -0.39 is 0 Å². The minimum Gasteiger partial charge on any atom is -0.496 e. The number of benzene rings is 2. The van der Waals surface area contributed by atoms with Crippen molar-refractivity contribution in [3.8, 4) is 5.75 Å². The molecule has 25 heavy (non-hydrogen) atoms. The number of hydrogen-bond donors (Lipinski definition) is 1. The highest BCUT2D eigenvalue weighted by Gasteiger charge is 2.15. The molecule has 0 saturated heterocycles. The first kappa shape index (κ1) is 18.5. The molecule has 1 N–H and O–H groups in total. The molecule has 0 heterocycles. The van der Waals surface area contributed by atoms with Crippen LogP contribution in [0, 0.1) is 13.8 Å². The van der Waals surface area contributed by atoms with Crippen molar-refractivity contribution in [3.63, 3.8) is 0 Å². The molecule has 0 saturated carbocycles. The van der Waals surface area contributed by atoms with Crippen LogP contribution in [0.3, 0.4) is 0 Å². The van der Waals surface area contributed by atoms with E-state index in [1.165, 1.54) is 14.0 Å². The van der Waals surface area contributed by atoms with Gasteiger partial charge >= 0.3 is 0 Å². The molecule has 0 unspecified atom stereocenters. The number of rotatable bonds is 6. The molecule has 5 nitrogen and oxygen atoms in total. The topological polar surface area (TPSA) is 58.6 Å². The van der Waals surface area contributed by atoms with Crippen molar-refractivity contribution >= 4 is 17.5 Å². The summed E-state index contributed by atoms with van der Waals surface area (Å²) in [6.07, 6.45) is 0. The molecular formula is C20H24N2O3. The van der Waals surface area contributed by atoms with E-state index in [0.29, 0.717) is 24.4 Å². The standard InChI is InChI=1S/C20H24N2O3/c1-14-9-10-18(15(2)13-14)22(16(3)23)12-11-21-20(24)17-7-5-6-8-19(17)25-4/h5-10,13H,11-12H2,1-4H3,(H,21,24). The number of amides is 2. The van der Waals surface area contributed by atoms with Gasteiger partial charge in [0.05, 0.1) is 12.7 Å². The number of methoxy groups -OCH3 is 1. The highest BCUT2D eigenvalue weighted by molar-refractivity contribution is 5.97. The van der Waals surface area contributed by atoms with Crippen LogP contribution in [0.1, 0.15) is 28.4 Å². The molecule has 0 bridgehead atoms. The predicted octanol–water partition coefficient (Wildman–Crippen LogP) is 3.09. The lowest BCUT2D eigenvalue weighted by molar-refractivity contribution is -0.116. The van der Waals surface area contributed by atoms with E-state index in [1.807, 2.05) is 38.1 Å². The Kier molecular flexibility index (Phi) is 6.17. The molecule has 0 spiro atoms. The van der Waals surface area contributed by atoms with Crippen molar-refractivity contribution in [1.29, 1.82) is 0 Å². The van der Waals surface area contributed by atoms with Crippen LogP contribution in [-0.2, 0) is 4.79 Å². The SMILES string of the molecule is COc1ccccc1C(=O)NCCN(C(C)=O)c1ccc(C)cc1C. The van der Waals surface area contributed by atoms with Gasteiger partial charge in [0.25, 0.3) is 5.91 Å². The Morgan fingerprint density at radius 3 is 2.48 bits per heavy atom. The zero-order valence-electron chi connectivity index (χ0n) is 15.1. The minimum absolute atomic E-state index is 0.0570. The number of para-hydroxylation sites is 1. The van der Waals surface area contributed by atoms with Gasteiger partial charge in [-0.2, -0.15) is 0 Å². The van der Waals surface area contributed by atoms with Gasteiger partial charge in [-0.15, -0.1) is 0 Å². The molecule has 132 valence electrons. The van der Waals surface area contributed by atoms with Crippen molar-refractivity contribution in [2.45, 2.75) is 20.8 Å². The van der Waals surface area contributed by atoms with Gasteiger partial charge in [-0.05, 0) is 37.6 Å². The average molecular weight is 340 g/mol. The Morgan fingerprint density at radius 1 is 1.12 bits per heavy atom. The summed E-state index contributed by atoms with van der Waals surface area (Å²) in [5, 5.41) is 2.85. The maximum atomic E-state index is 12.3. The maximum Gasteiger partial charge on any atom is 0.255 e. The Hall–Kier alpha value is -2.82. The zero-order valence-corrected chi connectivity index (χ0v) is 15.1. The van der Waals surface area contributed by atoms with E-state index in [-0.39, 0.29) is 11.8 Å². The van der Waals surface area contributed by atoms with Crippen molar-refractivity contribution < 1.29 is 14.3 Å². The molecule has 0 radical (unpaired) electrons. The van der Waals surface area contributed by atoms with Gasteiger partial charge in [-0.25, -0.2) is 0 Å². The minimum atomic E-state index is -0.221. The first-order valence-electron chi connectivity index (χ1n) is 8.20. The number of hydrogen-bond acceptors (Lipinski definition) is 3. The normalized spacial score (nSPS) is 10.2. The van der Waals surface area contributed by atoms with Crippen molar-refractivity contribution in [3.05, 3.63) is 59.2 Å². The number of anilines is 1. The Labute approximate surface area is 148 Å². The molecule has 0 fully saturated rings. The average Bonchev–Trinajstić information content (AvgIpc) is 2.59. The number of carbonyl (C=O) groups excluding carboxylic acids is 2. The van der Waals surface area contributed by atoms with Gasteiger partial charge in [0.2, 0.25) is 5.91 Å². The van der Waals surface area contributed by atoms with Crippen molar-refractivity contribution in [2.24, 2.45) is 0 Å². The second-order valence-corrected chi connectivity index (χ2v) is 5.92. The summed E-state index contributed by atoms with van der Waals surface area (Å²) >= 11 is 0. The molecule has 2 amide bonds. The van der Waals surface area contributed by atoms with Crippen LogP contribution in [0.4, 0.5) is 5.69 Å². The Bertz CT molecular complexity index is 771. The monoisotopic (exact) mass is 340 g/mol. The number of aryl methyl sites for hydroxylation is 2. The van der Waals surface area contributed by atoms with E-state index in [2.05, 4.69) is 5.32 Å². The van der Waals surface area contributed by atoms with Crippen LogP contribution in [-0.4, -0.2) is 32.0 Å². The fourth-order valence-electron chi connectivity index (χ4n) is 2.76. The van der Waals surface area contributed by atoms with Gasteiger partial charge in [-0.3, -0.25) is 9.59 Å². The van der Waals surface area contributed by atoms with Crippen LogP contribution in [0.25, 0.3) is 0 Å². The predicted molar refractivity (Wildman–Crippen MR) is 99.3 cm³/mol. The number of carbonyl (C=O) groups is 2. The third-order valence-electron chi connectivity index (χ3n) is 4.00. The van der Waals surface area contributed by atoms with E-state index in [4.69, 9.17) is 4.74 Å². The van der Waals surface area contributed by atoms with Gasteiger partial charge in [0.15, 0.2) is 0 Å². The van der Waals surface area contributed by atoms with E-state index in [0.717, 1.165) is 16.8 Å². The second-order valence-electron chi connectivity index (χ2n) is 5.92. The lowest BCUT2D eigenvalue weighted by Crippen LogP contribution is -2.38. The van der Waals surface area contributed by atoms with Crippen LogP contribution in [0.2, 0.25) is 0 Å². The fourth-order valence-corrected chi connectivity index (χ4v) is 2.76. The molecule has 0 aliphatic carbocycles. The molecule has 2 rings (SSSR count). The Morgan fingerprint density at radius 2 is 1.84 bits per heavy atom. The van der Waals surface area contributed by atoms with E-state index in [1.54, 1.807) is 23.1 Å². The summed E-state index contributed by atoms with van der Waals surface area (Å²) in [6, 6.07) is 13.0. The first-order valence-corrected chi connectivity index (χ1v) is 8.20. The van der Waals surface area contributed by atoms with E-state index in [9.17, 15) is 9.59 Å². The van der Waals surface area contributed by atoms with Crippen LogP contribution in [0.15, 0.2) is 42.5 Å². The largest absolute Gasteiger partial charge is 0.496 e.